The van der Waals surface area contributed by atoms with Crippen LogP contribution in [0.2, 0.25) is 10.0 Å². The number of piperidine rings is 1. The molecular formula is C20H25Cl2FN4O. The molecule has 0 radical (unpaired) electrons. The van der Waals surface area contributed by atoms with E-state index >= 15 is 0 Å². The van der Waals surface area contributed by atoms with Crippen molar-refractivity contribution < 1.29 is 9.50 Å². The predicted molar refractivity (Wildman–Crippen MR) is 111 cm³/mol. The Morgan fingerprint density at radius 1 is 1.29 bits per heavy atom. The average molecular weight is 427 g/mol. The minimum Gasteiger partial charge on any atom is -0.390 e. The lowest BCUT2D eigenvalue weighted by Crippen LogP contribution is -2.47. The second-order valence-corrected chi connectivity index (χ2v) is 8.55. The van der Waals surface area contributed by atoms with E-state index in [1.165, 1.54) is 6.07 Å². The number of rotatable bonds is 4. The van der Waals surface area contributed by atoms with Crippen molar-refractivity contribution in [2.24, 2.45) is 11.1 Å². The zero-order valence-corrected chi connectivity index (χ0v) is 17.8. The van der Waals surface area contributed by atoms with Crippen LogP contribution in [-0.2, 0) is 6.61 Å². The summed E-state index contributed by atoms with van der Waals surface area (Å²) in [5.41, 5.74) is 8.04. The maximum atomic E-state index is 13.9. The summed E-state index contributed by atoms with van der Waals surface area (Å²) < 4.78 is 13.9. The highest BCUT2D eigenvalue weighted by atomic mass is 35.5. The van der Waals surface area contributed by atoms with E-state index in [2.05, 4.69) is 21.8 Å². The predicted octanol–water partition coefficient (Wildman–Crippen LogP) is 4.34. The van der Waals surface area contributed by atoms with Crippen molar-refractivity contribution in [1.82, 2.24) is 9.97 Å². The van der Waals surface area contributed by atoms with Gasteiger partial charge in [-0.15, -0.1) is 0 Å². The van der Waals surface area contributed by atoms with Crippen LogP contribution in [0.4, 0.5) is 10.2 Å². The van der Waals surface area contributed by atoms with E-state index in [0.717, 1.165) is 32.0 Å². The van der Waals surface area contributed by atoms with Crippen LogP contribution in [0, 0.1) is 18.2 Å². The molecule has 0 aliphatic carbocycles. The fraction of sp³-hybridized carbons (Fsp3) is 0.500. The van der Waals surface area contributed by atoms with Gasteiger partial charge >= 0.3 is 0 Å². The van der Waals surface area contributed by atoms with Gasteiger partial charge in [0.15, 0.2) is 5.82 Å². The van der Waals surface area contributed by atoms with E-state index in [0.29, 0.717) is 28.5 Å². The molecular weight excluding hydrogens is 402 g/mol. The zero-order valence-electron chi connectivity index (χ0n) is 16.3. The van der Waals surface area contributed by atoms with Gasteiger partial charge in [0.2, 0.25) is 0 Å². The summed E-state index contributed by atoms with van der Waals surface area (Å²) in [6, 6.07) is 2.55. The van der Waals surface area contributed by atoms with Gasteiger partial charge in [0.25, 0.3) is 0 Å². The van der Waals surface area contributed by atoms with Crippen molar-refractivity contribution in [2.75, 3.05) is 18.0 Å². The second kappa shape index (κ2) is 8.11. The first kappa shape index (κ1) is 21.2. The summed E-state index contributed by atoms with van der Waals surface area (Å²) >= 11 is 12.3. The average Bonchev–Trinajstić information content (AvgIpc) is 2.65. The van der Waals surface area contributed by atoms with Crippen LogP contribution in [-0.4, -0.2) is 34.2 Å². The molecule has 0 amide bonds. The van der Waals surface area contributed by atoms with Crippen molar-refractivity contribution in [3.05, 3.63) is 39.4 Å². The molecule has 1 aromatic carbocycles. The molecule has 1 aliphatic rings. The van der Waals surface area contributed by atoms with Crippen molar-refractivity contribution in [2.45, 2.75) is 46.3 Å². The SMILES string of the molecule is Cc1nc(N2CCC(C)(C(C)N)CC2)c(CO)nc1-c1cc(F)cc(Cl)c1Cl. The highest BCUT2D eigenvalue weighted by Gasteiger charge is 2.34. The maximum absolute atomic E-state index is 13.9. The first-order valence-corrected chi connectivity index (χ1v) is 10.1. The monoisotopic (exact) mass is 426 g/mol. The Kier molecular flexibility index (Phi) is 6.15. The summed E-state index contributed by atoms with van der Waals surface area (Å²) in [5.74, 6) is 0.139. The normalized spacial score (nSPS) is 17.6. The lowest BCUT2D eigenvalue weighted by atomic mass is 9.75. The number of aliphatic hydroxyl groups is 1. The van der Waals surface area contributed by atoms with Crippen molar-refractivity contribution in [1.29, 1.82) is 0 Å². The fourth-order valence-corrected chi connectivity index (χ4v) is 3.97. The lowest BCUT2D eigenvalue weighted by Gasteiger charge is -2.42. The molecule has 3 N–H and O–H groups in total. The third-order valence-corrected chi connectivity index (χ3v) is 6.63. The molecule has 1 aliphatic heterocycles. The van der Waals surface area contributed by atoms with Crippen molar-refractivity contribution >= 4 is 29.0 Å². The van der Waals surface area contributed by atoms with E-state index in [9.17, 15) is 9.50 Å². The van der Waals surface area contributed by atoms with E-state index < -0.39 is 5.82 Å². The molecule has 0 saturated carbocycles. The number of hydrogen-bond donors (Lipinski definition) is 2. The van der Waals surface area contributed by atoms with Gasteiger partial charge in [-0.05, 0) is 44.2 Å². The Morgan fingerprint density at radius 3 is 2.50 bits per heavy atom. The molecule has 2 aromatic rings. The maximum Gasteiger partial charge on any atom is 0.153 e. The van der Waals surface area contributed by atoms with Gasteiger partial charge in [-0.1, -0.05) is 30.1 Å². The summed E-state index contributed by atoms with van der Waals surface area (Å²) in [7, 11) is 0. The van der Waals surface area contributed by atoms with E-state index in [4.69, 9.17) is 28.9 Å². The first-order valence-electron chi connectivity index (χ1n) is 9.30. The van der Waals surface area contributed by atoms with Crippen molar-refractivity contribution in [3.63, 3.8) is 0 Å². The van der Waals surface area contributed by atoms with Gasteiger partial charge < -0.3 is 15.7 Å². The highest BCUT2D eigenvalue weighted by molar-refractivity contribution is 6.43. The first-order chi connectivity index (χ1) is 13.2. The van der Waals surface area contributed by atoms with E-state index in [1.807, 2.05) is 6.92 Å². The number of aliphatic hydroxyl groups excluding tert-OH is 1. The molecule has 1 saturated heterocycles. The summed E-state index contributed by atoms with van der Waals surface area (Å²) in [6.07, 6.45) is 1.87. The quantitative estimate of drug-likeness (QED) is 0.710. The fourth-order valence-electron chi connectivity index (χ4n) is 3.57. The number of anilines is 1. The van der Waals surface area contributed by atoms with Gasteiger partial charge in [-0.2, -0.15) is 0 Å². The number of benzene rings is 1. The Labute approximate surface area is 174 Å². The standard InChI is InChI=1S/C20H25Cl2FN4O/c1-11-18(14-8-13(23)9-15(21)17(14)22)26-16(10-28)19(25-11)27-6-4-20(3,5-7-27)12(2)24/h8-9,12,28H,4-7,10,24H2,1-3H3. The molecule has 1 unspecified atom stereocenters. The van der Waals surface area contributed by atoms with Crippen LogP contribution in [0.25, 0.3) is 11.3 Å². The number of aromatic nitrogens is 2. The smallest absolute Gasteiger partial charge is 0.153 e. The third-order valence-electron chi connectivity index (χ3n) is 5.82. The molecule has 0 spiro atoms. The van der Waals surface area contributed by atoms with E-state index in [1.54, 1.807) is 6.92 Å². The van der Waals surface area contributed by atoms with E-state index in [-0.39, 0.29) is 28.1 Å². The van der Waals surface area contributed by atoms with Crippen LogP contribution >= 0.6 is 23.2 Å². The number of nitrogens with zero attached hydrogens (tertiary/aromatic N) is 3. The Morgan fingerprint density at radius 2 is 1.93 bits per heavy atom. The Hall–Kier alpha value is -1.47. The molecule has 3 rings (SSSR count). The number of nitrogens with two attached hydrogens (primary N) is 1. The molecule has 1 atom stereocenters. The molecule has 0 bridgehead atoms. The molecule has 5 nitrogen and oxygen atoms in total. The minimum atomic E-state index is -0.508. The van der Waals surface area contributed by atoms with Gasteiger partial charge in [-0.3, -0.25) is 0 Å². The lowest BCUT2D eigenvalue weighted by molar-refractivity contribution is 0.204. The molecule has 1 fully saturated rings. The third kappa shape index (κ3) is 3.96. The summed E-state index contributed by atoms with van der Waals surface area (Å²) in [6.45, 7) is 7.32. The van der Waals surface area contributed by atoms with Crippen LogP contribution in [0.15, 0.2) is 12.1 Å². The molecule has 1 aromatic heterocycles. The van der Waals surface area contributed by atoms with Gasteiger partial charge in [-0.25, -0.2) is 14.4 Å². The van der Waals surface area contributed by atoms with Gasteiger partial charge in [0.1, 0.15) is 11.5 Å². The van der Waals surface area contributed by atoms with Crippen LogP contribution in [0.1, 0.15) is 38.1 Å². The minimum absolute atomic E-state index is 0.0874. The second-order valence-electron chi connectivity index (χ2n) is 7.76. The topological polar surface area (TPSA) is 75.3 Å². The molecule has 28 heavy (non-hydrogen) atoms. The Balaban J connectivity index is 1.98. The van der Waals surface area contributed by atoms with Crippen molar-refractivity contribution in [3.8, 4) is 11.3 Å². The van der Waals surface area contributed by atoms with Crippen LogP contribution in [0.3, 0.4) is 0 Å². The highest BCUT2D eigenvalue weighted by Crippen LogP contribution is 2.38. The Bertz CT molecular complexity index is 883. The largest absolute Gasteiger partial charge is 0.390 e. The number of hydrogen-bond acceptors (Lipinski definition) is 5. The van der Waals surface area contributed by atoms with Gasteiger partial charge in [0, 0.05) is 24.7 Å². The van der Waals surface area contributed by atoms with Crippen LogP contribution in [0.5, 0.6) is 0 Å². The summed E-state index contributed by atoms with van der Waals surface area (Å²) in [4.78, 5) is 11.4. The summed E-state index contributed by atoms with van der Waals surface area (Å²) in [5, 5.41) is 10.2. The molecule has 152 valence electrons. The number of aryl methyl sites for hydroxylation is 1. The van der Waals surface area contributed by atoms with Gasteiger partial charge in [0.05, 0.1) is 28.0 Å². The molecule has 8 heteroatoms. The number of halogens is 3. The van der Waals surface area contributed by atoms with Crippen LogP contribution < -0.4 is 10.6 Å². The molecule has 2 heterocycles. The zero-order chi connectivity index (χ0) is 20.6.